The smallest absolute Gasteiger partial charge is 0.0198 e. The number of hydrogen-bond acceptors (Lipinski definition) is 2. The van der Waals surface area contributed by atoms with Crippen LogP contribution in [0.4, 0.5) is 0 Å². The summed E-state index contributed by atoms with van der Waals surface area (Å²) >= 11 is 0. The maximum absolute atomic E-state index is 3.80. The summed E-state index contributed by atoms with van der Waals surface area (Å²) in [6, 6.07) is 1.67. The molecule has 2 fully saturated rings. The molecular weight excluding hydrogens is 232 g/mol. The van der Waals surface area contributed by atoms with Crippen molar-refractivity contribution in [1.29, 1.82) is 0 Å². The molecule has 1 heterocycles. The first-order chi connectivity index (χ1) is 9.24. The van der Waals surface area contributed by atoms with Crippen molar-refractivity contribution < 1.29 is 0 Å². The van der Waals surface area contributed by atoms with Gasteiger partial charge in [-0.05, 0) is 51.1 Å². The van der Waals surface area contributed by atoms with Crippen molar-refractivity contribution in [3.63, 3.8) is 0 Å². The maximum atomic E-state index is 3.80. The molecule has 1 N–H and O–H groups in total. The van der Waals surface area contributed by atoms with Gasteiger partial charge in [0.15, 0.2) is 0 Å². The van der Waals surface area contributed by atoms with Crippen molar-refractivity contribution >= 4 is 0 Å². The Morgan fingerprint density at radius 2 is 1.79 bits per heavy atom. The van der Waals surface area contributed by atoms with E-state index in [9.17, 15) is 0 Å². The van der Waals surface area contributed by atoms with Gasteiger partial charge in [0.2, 0.25) is 0 Å². The first-order valence-corrected chi connectivity index (χ1v) is 8.72. The van der Waals surface area contributed by atoms with Gasteiger partial charge in [-0.15, -0.1) is 0 Å². The summed E-state index contributed by atoms with van der Waals surface area (Å²) in [5, 5.41) is 3.80. The fourth-order valence-corrected chi connectivity index (χ4v) is 3.22. The molecule has 19 heavy (non-hydrogen) atoms. The fraction of sp³-hybridized carbons (Fsp3) is 1.00. The Labute approximate surface area is 120 Å². The second-order valence-corrected chi connectivity index (χ2v) is 7.18. The average Bonchev–Trinajstić information content (AvgIpc) is 3.18. The van der Waals surface area contributed by atoms with Crippen molar-refractivity contribution in [2.75, 3.05) is 19.6 Å². The van der Waals surface area contributed by atoms with Crippen LogP contribution in [-0.4, -0.2) is 36.6 Å². The van der Waals surface area contributed by atoms with E-state index < -0.39 is 0 Å². The summed E-state index contributed by atoms with van der Waals surface area (Å²) in [5.41, 5.74) is 0. The van der Waals surface area contributed by atoms with Gasteiger partial charge in [0.1, 0.15) is 0 Å². The summed E-state index contributed by atoms with van der Waals surface area (Å²) in [4.78, 5) is 2.70. The van der Waals surface area contributed by atoms with E-state index in [0.29, 0.717) is 0 Å². The van der Waals surface area contributed by atoms with Crippen LogP contribution in [0.25, 0.3) is 0 Å². The van der Waals surface area contributed by atoms with Crippen molar-refractivity contribution in [2.45, 2.75) is 83.7 Å². The van der Waals surface area contributed by atoms with Gasteiger partial charge in [0, 0.05) is 18.6 Å². The van der Waals surface area contributed by atoms with Gasteiger partial charge in [-0.25, -0.2) is 0 Å². The van der Waals surface area contributed by atoms with Crippen LogP contribution in [0.5, 0.6) is 0 Å². The molecule has 1 atom stereocenters. The quantitative estimate of drug-likeness (QED) is 0.638. The third kappa shape index (κ3) is 6.76. The first-order valence-electron chi connectivity index (χ1n) is 8.72. The standard InChI is InChI=1S/C17H34N2/c1-15(2)8-5-3-4-6-12-19-13-7-9-17(14-19)18-16-10-11-16/h15-18H,3-14H2,1-2H3. The molecule has 1 unspecified atom stereocenters. The highest BCUT2D eigenvalue weighted by molar-refractivity contribution is 4.87. The Hall–Kier alpha value is -0.0800. The number of nitrogens with zero attached hydrogens (tertiary/aromatic N) is 1. The third-order valence-corrected chi connectivity index (χ3v) is 4.56. The van der Waals surface area contributed by atoms with Crippen molar-refractivity contribution in [2.24, 2.45) is 5.92 Å². The van der Waals surface area contributed by atoms with Crippen LogP contribution in [0.15, 0.2) is 0 Å². The fourth-order valence-electron chi connectivity index (χ4n) is 3.22. The number of hydrogen-bond donors (Lipinski definition) is 1. The summed E-state index contributed by atoms with van der Waals surface area (Å²) < 4.78 is 0. The Morgan fingerprint density at radius 3 is 2.53 bits per heavy atom. The van der Waals surface area contributed by atoms with E-state index in [1.54, 1.807) is 0 Å². The van der Waals surface area contributed by atoms with Gasteiger partial charge < -0.3 is 10.2 Å². The largest absolute Gasteiger partial charge is 0.310 e. The van der Waals surface area contributed by atoms with Crippen LogP contribution in [0.3, 0.4) is 0 Å². The van der Waals surface area contributed by atoms with Gasteiger partial charge in [0.25, 0.3) is 0 Å². The van der Waals surface area contributed by atoms with Crippen molar-refractivity contribution in [3.8, 4) is 0 Å². The normalized spacial score (nSPS) is 25.1. The second kappa shape index (κ2) is 8.26. The molecular formula is C17H34N2. The van der Waals surface area contributed by atoms with Crippen LogP contribution in [0, 0.1) is 5.92 Å². The minimum absolute atomic E-state index is 0.794. The molecule has 2 nitrogen and oxygen atoms in total. The molecule has 0 bridgehead atoms. The van der Waals surface area contributed by atoms with Crippen LogP contribution in [-0.2, 0) is 0 Å². The molecule has 0 spiro atoms. The number of unbranched alkanes of at least 4 members (excludes halogenated alkanes) is 3. The molecule has 1 saturated carbocycles. The minimum atomic E-state index is 0.794. The molecule has 2 rings (SSSR count). The van der Waals surface area contributed by atoms with E-state index in [-0.39, 0.29) is 0 Å². The van der Waals surface area contributed by atoms with Gasteiger partial charge in [-0.3, -0.25) is 0 Å². The average molecular weight is 266 g/mol. The van der Waals surface area contributed by atoms with E-state index in [1.165, 1.54) is 77.4 Å². The van der Waals surface area contributed by atoms with Crippen LogP contribution in [0.1, 0.15) is 71.6 Å². The predicted molar refractivity (Wildman–Crippen MR) is 83.5 cm³/mol. The van der Waals surface area contributed by atoms with E-state index in [2.05, 4.69) is 24.1 Å². The highest BCUT2D eigenvalue weighted by Gasteiger charge is 2.27. The highest BCUT2D eigenvalue weighted by atomic mass is 15.2. The SMILES string of the molecule is CC(C)CCCCCCN1CCCC(NC2CC2)C1. The predicted octanol–water partition coefficient (Wildman–Crippen LogP) is 3.81. The van der Waals surface area contributed by atoms with Gasteiger partial charge in [-0.2, -0.15) is 0 Å². The molecule has 1 aliphatic carbocycles. The molecule has 0 aromatic rings. The topological polar surface area (TPSA) is 15.3 Å². The summed E-state index contributed by atoms with van der Waals surface area (Å²) in [5.74, 6) is 0.886. The molecule has 1 aliphatic heterocycles. The molecule has 0 aromatic heterocycles. The lowest BCUT2D eigenvalue weighted by Crippen LogP contribution is -2.46. The lowest BCUT2D eigenvalue weighted by molar-refractivity contribution is 0.186. The number of nitrogens with one attached hydrogen (secondary N) is 1. The number of likely N-dealkylation sites (tertiary alicyclic amines) is 1. The van der Waals surface area contributed by atoms with Crippen molar-refractivity contribution in [1.82, 2.24) is 10.2 Å². The lowest BCUT2D eigenvalue weighted by atomic mass is 10.0. The molecule has 2 aliphatic rings. The molecule has 0 amide bonds. The molecule has 0 radical (unpaired) electrons. The Kier molecular flexibility index (Phi) is 6.66. The first kappa shape index (κ1) is 15.3. The third-order valence-electron chi connectivity index (χ3n) is 4.56. The molecule has 2 heteroatoms. The Balaban J connectivity index is 1.48. The molecule has 112 valence electrons. The van der Waals surface area contributed by atoms with E-state index in [0.717, 1.165) is 18.0 Å². The summed E-state index contributed by atoms with van der Waals surface area (Å²) in [6.07, 6.45) is 12.8. The van der Waals surface area contributed by atoms with Crippen LogP contribution >= 0.6 is 0 Å². The zero-order valence-corrected chi connectivity index (χ0v) is 13.2. The van der Waals surface area contributed by atoms with Gasteiger partial charge >= 0.3 is 0 Å². The zero-order valence-electron chi connectivity index (χ0n) is 13.2. The molecule has 1 saturated heterocycles. The summed E-state index contributed by atoms with van der Waals surface area (Å²) in [7, 11) is 0. The van der Waals surface area contributed by atoms with Gasteiger partial charge in [-0.1, -0.05) is 39.5 Å². The van der Waals surface area contributed by atoms with E-state index in [4.69, 9.17) is 0 Å². The number of rotatable bonds is 9. The monoisotopic (exact) mass is 266 g/mol. The van der Waals surface area contributed by atoms with Crippen molar-refractivity contribution in [3.05, 3.63) is 0 Å². The maximum Gasteiger partial charge on any atom is 0.0198 e. The Bertz CT molecular complexity index is 235. The van der Waals surface area contributed by atoms with Gasteiger partial charge in [0.05, 0.1) is 0 Å². The highest BCUT2D eigenvalue weighted by Crippen LogP contribution is 2.22. The second-order valence-electron chi connectivity index (χ2n) is 7.18. The Morgan fingerprint density at radius 1 is 1.00 bits per heavy atom. The summed E-state index contributed by atoms with van der Waals surface area (Å²) in [6.45, 7) is 8.66. The van der Waals surface area contributed by atoms with E-state index in [1.807, 2.05) is 0 Å². The van der Waals surface area contributed by atoms with Crippen LogP contribution in [0.2, 0.25) is 0 Å². The minimum Gasteiger partial charge on any atom is -0.310 e. The number of piperidine rings is 1. The lowest BCUT2D eigenvalue weighted by Gasteiger charge is -2.33. The van der Waals surface area contributed by atoms with Crippen LogP contribution < -0.4 is 5.32 Å². The molecule has 0 aromatic carbocycles. The van der Waals surface area contributed by atoms with E-state index >= 15 is 0 Å². The zero-order chi connectivity index (χ0) is 13.5.